The summed E-state index contributed by atoms with van der Waals surface area (Å²) >= 11 is 6.15. The maximum atomic E-state index is 6.15. The van der Waals surface area contributed by atoms with Gasteiger partial charge >= 0.3 is 0 Å². The molecule has 5 heteroatoms. The van der Waals surface area contributed by atoms with Gasteiger partial charge in [0, 0.05) is 12.1 Å². The lowest BCUT2D eigenvalue weighted by atomic mass is 9.98. The van der Waals surface area contributed by atoms with Gasteiger partial charge in [0.05, 0.1) is 19.3 Å². The molecule has 0 saturated heterocycles. The molecule has 0 spiro atoms. The summed E-state index contributed by atoms with van der Waals surface area (Å²) in [6.45, 7) is 5.00. The number of halogens is 1. The second kappa shape index (κ2) is 6.29. The normalized spacial score (nSPS) is 12.4. The fourth-order valence-corrected chi connectivity index (χ4v) is 2.57. The summed E-state index contributed by atoms with van der Waals surface area (Å²) < 4.78 is 7.27. The maximum absolute atomic E-state index is 6.15. The summed E-state index contributed by atoms with van der Waals surface area (Å²) in [6, 6.07) is 5.94. The van der Waals surface area contributed by atoms with Gasteiger partial charge in [0.2, 0.25) is 0 Å². The first-order valence-corrected chi connectivity index (χ1v) is 7.01. The van der Waals surface area contributed by atoms with Gasteiger partial charge in [-0.25, -0.2) is 0 Å². The van der Waals surface area contributed by atoms with Crippen LogP contribution in [0.4, 0.5) is 0 Å². The highest BCUT2D eigenvalue weighted by atomic mass is 35.5. The number of hydrogen-bond donors (Lipinski definition) is 1. The number of aryl methyl sites for hydroxylation is 2. The predicted molar refractivity (Wildman–Crippen MR) is 81.5 cm³/mol. The number of aromatic nitrogens is 2. The highest BCUT2D eigenvalue weighted by Gasteiger charge is 2.23. The third-order valence-electron chi connectivity index (χ3n) is 3.40. The van der Waals surface area contributed by atoms with Gasteiger partial charge in [0.15, 0.2) is 5.75 Å². The highest BCUT2D eigenvalue weighted by Crippen LogP contribution is 2.32. The average molecular weight is 294 g/mol. The van der Waals surface area contributed by atoms with Crippen LogP contribution in [0.5, 0.6) is 5.75 Å². The fourth-order valence-electron chi connectivity index (χ4n) is 2.39. The van der Waals surface area contributed by atoms with E-state index < -0.39 is 0 Å². The number of hydrogen-bond acceptors (Lipinski definition) is 3. The number of ether oxygens (including phenoxy) is 1. The lowest BCUT2D eigenvalue weighted by Gasteiger charge is -2.22. The van der Waals surface area contributed by atoms with Crippen LogP contribution in [0.2, 0.25) is 5.02 Å². The van der Waals surface area contributed by atoms with E-state index in [-0.39, 0.29) is 6.04 Å². The molecule has 1 N–H and O–H groups in total. The van der Waals surface area contributed by atoms with E-state index in [0.29, 0.717) is 0 Å². The smallest absolute Gasteiger partial charge is 0.161 e. The van der Waals surface area contributed by atoms with Crippen LogP contribution in [0.15, 0.2) is 24.4 Å². The van der Waals surface area contributed by atoms with Crippen LogP contribution >= 0.6 is 11.6 Å². The van der Waals surface area contributed by atoms with E-state index in [0.717, 1.165) is 28.6 Å². The minimum atomic E-state index is 0.00106. The Hall–Kier alpha value is -1.52. The van der Waals surface area contributed by atoms with E-state index in [2.05, 4.69) is 24.3 Å². The number of nitrogens with one attached hydrogen (secondary N) is 1. The van der Waals surface area contributed by atoms with E-state index in [1.165, 1.54) is 5.56 Å². The number of rotatable bonds is 5. The third-order valence-corrected chi connectivity index (χ3v) is 3.64. The Balaban J connectivity index is 2.56. The fraction of sp³-hybridized carbons (Fsp3) is 0.400. The molecule has 0 amide bonds. The molecule has 0 bridgehead atoms. The van der Waals surface area contributed by atoms with Crippen molar-refractivity contribution in [2.75, 3.05) is 13.7 Å². The molecule has 2 rings (SSSR count). The second-order valence-corrected chi connectivity index (χ2v) is 5.15. The predicted octanol–water partition coefficient (Wildman–Crippen LogP) is 3.09. The molecule has 1 aromatic carbocycles. The summed E-state index contributed by atoms with van der Waals surface area (Å²) in [5, 5.41) is 8.50. The van der Waals surface area contributed by atoms with Crippen LogP contribution in [0.3, 0.4) is 0 Å². The van der Waals surface area contributed by atoms with Crippen molar-refractivity contribution in [3.8, 4) is 5.75 Å². The van der Waals surface area contributed by atoms with Crippen LogP contribution in [-0.4, -0.2) is 23.4 Å². The molecule has 0 aliphatic rings. The van der Waals surface area contributed by atoms with Crippen molar-refractivity contribution in [2.45, 2.75) is 19.9 Å². The van der Waals surface area contributed by atoms with Gasteiger partial charge in [-0.1, -0.05) is 24.6 Å². The van der Waals surface area contributed by atoms with E-state index >= 15 is 0 Å². The minimum Gasteiger partial charge on any atom is -0.493 e. The molecule has 0 aliphatic heterocycles. The monoisotopic (exact) mass is 293 g/mol. The first kappa shape index (κ1) is 14.9. The molecule has 0 fully saturated rings. The molecular weight excluding hydrogens is 274 g/mol. The van der Waals surface area contributed by atoms with Gasteiger partial charge in [0.25, 0.3) is 0 Å². The number of nitrogens with zero attached hydrogens (tertiary/aromatic N) is 2. The average Bonchev–Trinajstić information content (AvgIpc) is 2.80. The van der Waals surface area contributed by atoms with Crippen molar-refractivity contribution < 1.29 is 4.74 Å². The number of methoxy groups -OCH3 is 1. The lowest BCUT2D eigenvalue weighted by Crippen LogP contribution is -2.25. The van der Waals surface area contributed by atoms with Crippen LogP contribution in [-0.2, 0) is 7.05 Å². The standard InChI is InChI=1S/C15H20ClN3O/c1-5-17-14(12-8-11(16)7-6-10(12)2)15-13(20-4)9-18-19(15)3/h6-9,14,17H,5H2,1-4H3. The summed E-state index contributed by atoms with van der Waals surface area (Å²) in [6.07, 6.45) is 1.74. The second-order valence-electron chi connectivity index (χ2n) is 4.71. The lowest BCUT2D eigenvalue weighted by molar-refractivity contribution is 0.401. The Morgan fingerprint density at radius 1 is 1.45 bits per heavy atom. The van der Waals surface area contributed by atoms with Crippen molar-refractivity contribution in [3.63, 3.8) is 0 Å². The quantitative estimate of drug-likeness (QED) is 0.921. The van der Waals surface area contributed by atoms with Gasteiger partial charge in [-0.05, 0) is 36.7 Å². The highest BCUT2D eigenvalue weighted by molar-refractivity contribution is 6.30. The van der Waals surface area contributed by atoms with Crippen molar-refractivity contribution in [3.05, 3.63) is 46.2 Å². The molecule has 4 nitrogen and oxygen atoms in total. The van der Waals surface area contributed by atoms with E-state index in [9.17, 15) is 0 Å². The Morgan fingerprint density at radius 2 is 2.20 bits per heavy atom. The minimum absolute atomic E-state index is 0.00106. The Labute approximate surface area is 124 Å². The van der Waals surface area contributed by atoms with Gasteiger partial charge in [-0.3, -0.25) is 4.68 Å². The van der Waals surface area contributed by atoms with Gasteiger partial charge in [-0.2, -0.15) is 5.10 Å². The summed E-state index contributed by atoms with van der Waals surface area (Å²) in [5.41, 5.74) is 3.32. The Bertz CT molecular complexity index is 595. The summed E-state index contributed by atoms with van der Waals surface area (Å²) in [5.74, 6) is 0.776. The van der Waals surface area contributed by atoms with Gasteiger partial charge in [0.1, 0.15) is 5.69 Å². The maximum Gasteiger partial charge on any atom is 0.161 e. The molecule has 20 heavy (non-hydrogen) atoms. The first-order valence-electron chi connectivity index (χ1n) is 6.63. The zero-order valence-electron chi connectivity index (χ0n) is 12.3. The molecule has 0 saturated carbocycles. The Kier molecular flexibility index (Phi) is 4.68. The molecule has 108 valence electrons. The van der Waals surface area contributed by atoms with Crippen LogP contribution in [0.25, 0.3) is 0 Å². The van der Waals surface area contributed by atoms with Crippen molar-refractivity contribution in [2.24, 2.45) is 7.05 Å². The van der Waals surface area contributed by atoms with Crippen LogP contribution in [0, 0.1) is 6.92 Å². The molecule has 1 heterocycles. The van der Waals surface area contributed by atoms with Gasteiger partial charge in [-0.15, -0.1) is 0 Å². The molecule has 0 aliphatic carbocycles. The molecular formula is C15H20ClN3O. The zero-order valence-corrected chi connectivity index (χ0v) is 13.0. The number of benzene rings is 1. The van der Waals surface area contributed by atoms with Crippen molar-refractivity contribution >= 4 is 11.6 Å². The molecule has 0 radical (unpaired) electrons. The molecule has 1 atom stereocenters. The SMILES string of the molecule is CCNC(c1cc(Cl)ccc1C)c1c(OC)cnn1C. The molecule has 1 unspecified atom stereocenters. The van der Waals surface area contributed by atoms with Gasteiger partial charge < -0.3 is 10.1 Å². The topological polar surface area (TPSA) is 39.1 Å². The molecule has 2 aromatic rings. The van der Waals surface area contributed by atoms with E-state index in [1.54, 1.807) is 13.3 Å². The van der Waals surface area contributed by atoms with Crippen LogP contribution in [0.1, 0.15) is 29.8 Å². The van der Waals surface area contributed by atoms with E-state index in [4.69, 9.17) is 16.3 Å². The summed E-state index contributed by atoms with van der Waals surface area (Å²) in [7, 11) is 3.58. The van der Waals surface area contributed by atoms with Crippen LogP contribution < -0.4 is 10.1 Å². The zero-order chi connectivity index (χ0) is 14.7. The van der Waals surface area contributed by atoms with Crippen molar-refractivity contribution in [1.82, 2.24) is 15.1 Å². The van der Waals surface area contributed by atoms with Crippen molar-refractivity contribution in [1.29, 1.82) is 0 Å². The third kappa shape index (κ3) is 2.81. The summed E-state index contributed by atoms with van der Waals surface area (Å²) in [4.78, 5) is 0. The molecule has 1 aromatic heterocycles. The largest absolute Gasteiger partial charge is 0.493 e. The first-order chi connectivity index (χ1) is 9.58. The van der Waals surface area contributed by atoms with E-state index in [1.807, 2.05) is 29.9 Å². The Morgan fingerprint density at radius 3 is 2.85 bits per heavy atom.